The lowest BCUT2D eigenvalue weighted by atomic mass is 9.97. The quantitative estimate of drug-likeness (QED) is 0.469. The first kappa shape index (κ1) is 22.9. The molecule has 34 heavy (non-hydrogen) atoms. The summed E-state index contributed by atoms with van der Waals surface area (Å²) in [4.78, 5) is 17.9. The normalized spacial score (nSPS) is 17.8. The molecule has 2 fully saturated rings. The standard InChI is InChI=1S/C26H30N6O.ClH/c33-26(31-15-13-30(14-16-31)18-19-7-10-27-11-8-19)21-6-5-20-9-12-32(24(20)17-21)25-22-3-1-2-4-23(22)28-29-25;/h1-6,9,12,17,19,27H,7-8,10-11,13-16,18H2,(H,28,29);1H. The third kappa shape index (κ3) is 4.31. The van der Waals surface area contributed by atoms with Crippen LogP contribution >= 0.6 is 12.4 Å². The largest absolute Gasteiger partial charge is 0.336 e. The van der Waals surface area contributed by atoms with Crippen LogP contribution in [0.5, 0.6) is 0 Å². The predicted molar refractivity (Wildman–Crippen MR) is 138 cm³/mol. The minimum atomic E-state index is 0. The van der Waals surface area contributed by atoms with E-state index in [0.29, 0.717) is 0 Å². The van der Waals surface area contributed by atoms with Gasteiger partial charge in [0.05, 0.1) is 11.0 Å². The summed E-state index contributed by atoms with van der Waals surface area (Å²) >= 11 is 0. The third-order valence-corrected chi connectivity index (χ3v) is 7.25. The number of fused-ring (bicyclic) bond motifs is 2. The predicted octanol–water partition coefficient (Wildman–Crippen LogP) is 3.69. The number of aromatic amines is 1. The lowest BCUT2D eigenvalue weighted by Gasteiger charge is -2.37. The van der Waals surface area contributed by atoms with Crippen LogP contribution in [-0.2, 0) is 0 Å². The van der Waals surface area contributed by atoms with Crippen LogP contribution < -0.4 is 5.32 Å². The minimum absolute atomic E-state index is 0. The van der Waals surface area contributed by atoms with Gasteiger partial charge < -0.3 is 10.2 Å². The van der Waals surface area contributed by atoms with Crippen LogP contribution in [0.15, 0.2) is 54.7 Å². The number of H-pyrrole nitrogens is 1. The van der Waals surface area contributed by atoms with Crippen molar-refractivity contribution in [1.29, 1.82) is 0 Å². The highest BCUT2D eigenvalue weighted by atomic mass is 35.5. The minimum Gasteiger partial charge on any atom is -0.336 e. The molecule has 2 aromatic heterocycles. The number of para-hydroxylation sites is 1. The Hall–Kier alpha value is -2.87. The van der Waals surface area contributed by atoms with Gasteiger partial charge in [-0.1, -0.05) is 18.2 Å². The van der Waals surface area contributed by atoms with Crippen LogP contribution in [0.2, 0.25) is 0 Å². The number of nitrogens with zero attached hydrogens (tertiary/aromatic N) is 4. The maximum Gasteiger partial charge on any atom is 0.254 e. The van der Waals surface area contributed by atoms with E-state index in [1.165, 1.54) is 19.4 Å². The van der Waals surface area contributed by atoms with E-state index in [9.17, 15) is 4.79 Å². The van der Waals surface area contributed by atoms with Crippen molar-refractivity contribution >= 4 is 40.1 Å². The number of carbonyl (C=O) groups excluding carboxylic acids is 1. The molecule has 2 N–H and O–H groups in total. The Kier molecular flexibility index (Phi) is 6.59. The second-order valence-electron chi connectivity index (χ2n) is 9.34. The fraction of sp³-hybridized carbons (Fsp3) is 0.385. The van der Waals surface area contributed by atoms with E-state index < -0.39 is 0 Å². The maximum atomic E-state index is 13.3. The molecule has 4 aromatic rings. The number of rotatable bonds is 4. The Bertz CT molecular complexity index is 1280. The Labute approximate surface area is 205 Å². The molecule has 0 aliphatic carbocycles. The van der Waals surface area contributed by atoms with E-state index in [0.717, 1.165) is 78.4 Å². The maximum absolute atomic E-state index is 13.3. The average Bonchev–Trinajstić information content (AvgIpc) is 3.48. The molecule has 0 saturated carbocycles. The molecule has 0 radical (unpaired) electrons. The first-order valence-electron chi connectivity index (χ1n) is 12.0. The summed E-state index contributed by atoms with van der Waals surface area (Å²) in [5, 5.41) is 13.3. The molecule has 2 aliphatic rings. The van der Waals surface area contributed by atoms with Gasteiger partial charge in [-0.05, 0) is 62.2 Å². The van der Waals surface area contributed by atoms with Gasteiger partial charge in [0.15, 0.2) is 5.82 Å². The topological polar surface area (TPSA) is 69.2 Å². The number of carbonyl (C=O) groups is 1. The molecular weight excluding hydrogens is 448 g/mol. The van der Waals surface area contributed by atoms with Gasteiger partial charge in [0.1, 0.15) is 0 Å². The molecule has 2 aromatic carbocycles. The van der Waals surface area contributed by atoms with E-state index in [-0.39, 0.29) is 18.3 Å². The number of aromatic nitrogens is 3. The number of halogens is 1. The van der Waals surface area contributed by atoms with Crippen LogP contribution in [0.1, 0.15) is 23.2 Å². The van der Waals surface area contributed by atoms with E-state index in [4.69, 9.17) is 0 Å². The number of amides is 1. The molecule has 0 spiro atoms. The number of benzene rings is 2. The SMILES string of the molecule is Cl.O=C(c1ccc2ccn(-c3n[nH]c4ccccc34)c2c1)N1CCN(CC2CCNCC2)CC1. The highest BCUT2D eigenvalue weighted by Crippen LogP contribution is 2.26. The van der Waals surface area contributed by atoms with Gasteiger partial charge >= 0.3 is 0 Å². The van der Waals surface area contributed by atoms with Gasteiger partial charge in [0, 0.05) is 55.3 Å². The van der Waals surface area contributed by atoms with Crippen LogP contribution in [0, 0.1) is 5.92 Å². The molecule has 7 nitrogen and oxygen atoms in total. The summed E-state index contributed by atoms with van der Waals surface area (Å²) in [5.74, 6) is 1.77. The molecule has 2 saturated heterocycles. The molecule has 0 bridgehead atoms. The summed E-state index contributed by atoms with van der Waals surface area (Å²) in [7, 11) is 0. The molecule has 178 valence electrons. The molecule has 8 heteroatoms. The Morgan fingerprint density at radius 1 is 1.00 bits per heavy atom. The number of hydrogen-bond donors (Lipinski definition) is 2. The van der Waals surface area contributed by atoms with Crippen LogP contribution in [0.4, 0.5) is 0 Å². The van der Waals surface area contributed by atoms with E-state index in [1.54, 1.807) is 0 Å². The molecular formula is C26H31ClN6O. The zero-order chi connectivity index (χ0) is 22.2. The van der Waals surface area contributed by atoms with Crippen molar-refractivity contribution in [3.63, 3.8) is 0 Å². The lowest BCUT2D eigenvalue weighted by Crippen LogP contribution is -2.50. The van der Waals surface area contributed by atoms with E-state index >= 15 is 0 Å². The van der Waals surface area contributed by atoms with Gasteiger partial charge in [-0.15, -0.1) is 12.4 Å². The fourth-order valence-corrected chi connectivity index (χ4v) is 5.32. The molecule has 4 heterocycles. The van der Waals surface area contributed by atoms with Crippen molar-refractivity contribution in [2.45, 2.75) is 12.8 Å². The van der Waals surface area contributed by atoms with Gasteiger partial charge in [-0.25, -0.2) is 0 Å². The monoisotopic (exact) mass is 478 g/mol. The van der Waals surface area contributed by atoms with Crippen molar-refractivity contribution in [2.75, 3.05) is 45.8 Å². The second-order valence-corrected chi connectivity index (χ2v) is 9.34. The zero-order valence-corrected chi connectivity index (χ0v) is 20.1. The van der Waals surface area contributed by atoms with Crippen molar-refractivity contribution in [3.8, 4) is 5.82 Å². The molecule has 0 unspecified atom stereocenters. The van der Waals surface area contributed by atoms with E-state index in [1.807, 2.05) is 47.5 Å². The Balaban J connectivity index is 0.00000241. The third-order valence-electron chi connectivity index (χ3n) is 7.25. The number of piperidine rings is 1. The van der Waals surface area contributed by atoms with Crippen LogP contribution in [0.3, 0.4) is 0 Å². The molecule has 6 rings (SSSR count). The molecule has 2 aliphatic heterocycles. The first-order valence-corrected chi connectivity index (χ1v) is 12.0. The van der Waals surface area contributed by atoms with E-state index in [2.05, 4.69) is 37.1 Å². The summed E-state index contributed by atoms with van der Waals surface area (Å²) in [6.07, 6.45) is 4.56. The zero-order valence-electron chi connectivity index (χ0n) is 19.2. The Morgan fingerprint density at radius 2 is 1.79 bits per heavy atom. The van der Waals surface area contributed by atoms with Crippen molar-refractivity contribution in [1.82, 2.24) is 29.9 Å². The second kappa shape index (κ2) is 9.78. The number of piperazine rings is 1. The Morgan fingerprint density at radius 3 is 2.62 bits per heavy atom. The summed E-state index contributed by atoms with van der Waals surface area (Å²) in [6.45, 7) is 6.98. The summed E-state index contributed by atoms with van der Waals surface area (Å²) in [6, 6.07) is 16.2. The van der Waals surface area contributed by atoms with Gasteiger partial charge in [0.2, 0.25) is 0 Å². The summed E-state index contributed by atoms with van der Waals surface area (Å²) < 4.78 is 2.07. The molecule has 1 amide bonds. The fourth-order valence-electron chi connectivity index (χ4n) is 5.32. The number of nitrogens with one attached hydrogen (secondary N) is 2. The first-order chi connectivity index (χ1) is 16.3. The van der Waals surface area contributed by atoms with Crippen molar-refractivity contribution in [2.24, 2.45) is 5.92 Å². The highest BCUT2D eigenvalue weighted by molar-refractivity contribution is 5.99. The highest BCUT2D eigenvalue weighted by Gasteiger charge is 2.25. The van der Waals surface area contributed by atoms with Crippen LogP contribution in [0.25, 0.3) is 27.6 Å². The smallest absolute Gasteiger partial charge is 0.254 e. The lowest BCUT2D eigenvalue weighted by molar-refractivity contribution is 0.0608. The van der Waals surface area contributed by atoms with Crippen molar-refractivity contribution < 1.29 is 4.79 Å². The van der Waals surface area contributed by atoms with Gasteiger partial charge in [-0.3, -0.25) is 19.4 Å². The van der Waals surface area contributed by atoms with Crippen LogP contribution in [-0.4, -0.2) is 76.3 Å². The molecule has 0 atom stereocenters. The van der Waals surface area contributed by atoms with Gasteiger partial charge in [0.25, 0.3) is 5.91 Å². The average molecular weight is 479 g/mol. The van der Waals surface area contributed by atoms with Crippen molar-refractivity contribution in [3.05, 3.63) is 60.3 Å². The number of hydrogen-bond acceptors (Lipinski definition) is 4. The van der Waals surface area contributed by atoms with Gasteiger partial charge in [-0.2, -0.15) is 5.10 Å². The summed E-state index contributed by atoms with van der Waals surface area (Å²) in [5.41, 5.74) is 2.75.